The molecule has 0 saturated carbocycles. The summed E-state index contributed by atoms with van der Waals surface area (Å²) in [6.45, 7) is 2.44. The zero-order chi connectivity index (χ0) is 10.4. The van der Waals surface area contributed by atoms with Crippen LogP contribution in [0.5, 0.6) is 0 Å². The van der Waals surface area contributed by atoms with Gasteiger partial charge >= 0.3 is 0 Å². The van der Waals surface area contributed by atoms with Gasteiger partial charge in [0.15, 0.2) is 0 Å². The van der Waals surface area contributed by atoms with Gasteiger partial charge in [-0.1, -0.05) is 6.07 Å². The van der Waals surface area contributed by atoms with Crippen molar-refractivity contribution in [3.05, 3.63) is 23.9 Å². The van der Waals surface area contributed by atoms with Gasteiger partial charge in [0, 0.05) is 24.6 Å². The minimum atomic E-state index is -0.464. The first kappa shape index (κ1) is 11.5. The summed E-state index contributed by atoms with van der Waals surface area (Å²) in [5.41, 5.74) is 0.883. The molecule has 1 aromatic rings. The van der Waals surface area contributed by atoms with E-state index in [9.17, 15) is 5.11 Å². The third kappa shape index (κ3) is 3.29. The van der Waals surface area contributed by atoms with Crippen molar-refractivity contribution in [2.75, 3.05) is 19.5 Å². The van der Waals surface area contributed by atoms with Crippen LogP contribution in [0.25, 0.3) is 0 Å². The van der Waals surface area contributed by atoms with Crippen molar-refractivity contribution in [1.29, 1.82) is 0 Å². The first-order valence-corrected chi connectivity index (χ1v) is 5.49. The largest absolute Gasteiger partial charge is 0.389 e. The Labute approximate surface area is 88.5 Å². The van der Waals surface area contributed by atoms with Gasteiger partial charge in [0.25, 0.3) is 0 Å². The van der Waals surface area contributed by atoms with Gasteiger partial charge in [-0.05, 0) is 13.0 Å². The Morgan fingerprint density at radius 3 is 3.07 bits per heavy atom. The van der Waals surface area contributed by atoms with Crippen molar-refractivity contribution in [2.45, 2.75) is 18.1 Å². The van der Waals surface area contributed by atoms with Crippen LogP contribution >= 0.6 is 11.8 Å². The summed E-state index contributed by atoms with van der Waals surface area (Å²) in [6, 6.07) is 3.73. The maximum Gasteiger partial charge on any atom is 0.102 e. The summed E-state index contributed by atoms with van der Waals surface area (Å²) in [6.07, 6.45) is 1.27. The van der Waals surface area contributed by atoms with Crippen molar-refractivity contribution in [2.24, 2.45) is 0 Å². The maximum absolute atomic E-state index is 9.48. The van der Waals surface area contributed by atoms with Crippen LogP contribution < -0.4 is 0 Å². The average Bonchev–Trinajstić information content (AvgIpc) is 2.19. The summed E-state index contributed by atoms with van der Waals surface area (Å²) in [5, 5.41) is 10.4. The molecule has 78 valence electrons. The number of ether oxygens (including phenoxy) is 1. The summed E-state index contributed by atoms with van der Waals surface area (Å²) in [4.78, 5) is 4.22. The molecule has 4 heteroatoms. The lowest BCUT2D eigenvalue weighted by Gasteiger charge is -2.09. The molecular weight excluding hydrogens is 198 g/mol. The molecule has 0 radical (unpaired) electrons. The van der Waals surface area contributed by atoms with E-state index in [2.05, 4.69) is 4.98 Å². The van der Waals surface area contributed by atoms with E-state index in [1.807, 2.05) is 12.1 Å². The van der Waals surface area contributed by atoms with Crippen LogP contribution in [0.4, 0.5) is 0 Å². The molecule has 0 aromatic carbocycles. The van der Waals surface area contributed by atoms with Crippen LogP contribution in [0.1, 0.15) is 18.6 Å². The molecule has 1 rings (SSSR count). The molecule has 0 bridgehead atoms. The van der Waals surface area contributed by atoms with Crippen LogP contribution in [0.3, 0.4) is 0 Å². The molecule has 3 nitrogen and oxygen atoms in total. The van der Waals surface area contributed by atoms with Crippen LogP contribution in [-0.4, -0.2) is 29.6 Å². The van der Waals surface area contributed by atoms with E-state index < -0.39 is 6.10 Å². The van der Waals surface area contributed by atoms with Crippen molar-refractivity contribution in [3.63, 3.8) is 0 Å². The van der Waals surface area contributed by atoms with Gasteiger partial charge < -0.3 is 9.84 Å². The van der Waals surface area contributed by atoms with Crippen molar-refractivity contribution in [3.8, 4) is 0 Å². The highest BCUT2D eigenvalue weighted by atomic mass is 32.2. The van der Waals surface area contributed by atoms with E-state index >= 15 is 0 Å². The number of methoxy groups -OCH3 is 1. The number of thioether (sulfide) groups is 1. The van der Waals surface area contributed by atoms with E-state index in [1.54, 1.807) is 32.0 Å². The second kappa shape index (κ2) is 6.01. The molecule has 14 heavy (non-hydrogen) atoms. The smallest absolute Gasteiger partial charge is 0.102 e. The van der Waals surface area contributed by atoms with E-state index in [0.29, 0.717) is 6.61 Å². The fraction of sp³-hybridized carbons (Fsp3) is 0.500. The Morgan fingerprint density at radius 1 is 1.64 bits per heavy atom. The molecule has 0 aliphatic rings. The topological polar surface area (TPSA) is 42.4 Å². The van der Waals surface area contributed by atoms with Crippen molar-refractivity contribution < 1.29 is 9.84 Å². The van der Waals surface area contributed by atoms with Crippen molar-refractivity contribution in [1.82, 2.24) is 4.98 Å². The Balaban J connectivity index is 2.64. The standard InChI is InChI=1S/C10H15NO2S/c1-8(12)9-4-3-5-11-10(9)14-7-6-13-2/h3-5,8,12H,6-7H2,1-2H3. The number of aliphatic hydroxyl groups excluding tert-OH is 1. The van der Waals surface area contributed by atoms with Crippen LogP contribution in [0, 0.1) is 0 Å². The minimum absolute atomic E-state index is 0.464. The molecule has 1 unspecified atom stereocenters. The van der Waals surface area contributed by atoms with Gasteiger partial charge in [-0.25, -0.2) is 4.98 Å². The van der Waals surface area contributed by atoms with Crippen molar-refractivity contribution >= 4 is 11.8 Å². The lowest BCUT2D eigenvalue weighted by atomic mass is 10.2. The lowest BCUT2D eigenvalue weighted by Crippen LogP contribution is -1.98. The van der Waals surface area contributed by atoms with Gasteiger partial charge in [0.1, 0.15) is 5.03 Å². The summed E-state index contributed by atoms with van der Waals surface area (Å²) in [7, 11) is 1.68. The van der Waals surface area contributed by atoms with E-state index in [-0.39, 0.29) is 0 Å². The zero-order valence-corrected chi connectivity index (χ0v) is 9.25. The number of aromatic nitrogens is 1. The Bertz CT molecular complexity index is 279. The lowest BCUT2D eigenvalue weighted by molar-refractivity contribution is 0.195. The highest BCUT2D eigenvalue weighted by Crippen LogP contribution is 2.24. The fourth-order valence-corrected chi connectivity index (χ4v) is 2.05. The SMILES string of the molecule is COCCSc1ncccc1C(C)O. The van der Waals surface area contributed by atoms with Gasteiger partial charge in [-0.3, -0.25) is 0 Å². The maximum atomic E-state index is 9.48. The van der Waals surface area contributed by atoms with Crippen LogP contribution in [0.2, 0.25) is 0 Å². The third-order valence-corrected chi connectivity index (χ3v) is 2.76. The molecular formula is C10H15NO2S. The predicted octanol–water partition coefficient (Wildman–Crippen LogP) is 1.87. The number of hydrogen-bond donors (Lipinski definition) is 1. The van der Waals surface area contributed by atoms with E-state index in [0.717, 1.165) is 16.3 Å². The minimum Gasteiger partial charge on any atom is -0.389 e. The highest BCUT2D eigenvalue weighted by molar-refractivity contribution is 7.99. The molecule has 0 saturated heterocycles. The van der Waals surface area contributed by atoms with Gasteiger partial charge in [0.2, 0.25) is 0 Å². The zero-order valence-electron chi connectivity index (χ0n) is 8.43. The van der Waals surface area contributed by atoms with Gasteiger partial charge in [-0.2, -0.15) is 0 Å². The second-order valence-electron chi connectivity index (χ2n) is 2.92. The first-order valence-electron chi connectivity index (χ1n) is 4.50. The highest BCUT2D eigenvalue weighted by Gasteiger charge is 2.08. The molecule has 1 aromatic heterocycles. The van der Waals surface area contributed by atoms with E-state index in [1.165, 1.54) is 0 Å². The average molecular weight is 213 g/mol. The molecule has 1 heterocycles. The summed E-state index contributed by atoms with van der Waals surface area (Å²) < 4.78 is 4.95. The number of nitrogens with zero attached hydrogens (tertiary/aromatic N) is 1. The quantitative estimate of drug-likeness (QED) is 0.599. The molecule has 0 amide bonds. The number of pyridine rings is 1. The monoisotopic (exact) mass is 213 g/mol. The number of hydrogen-bond acceptors (Lipinski definition) is 4. The Kier molecular flexibility index (Phi) is 4.93. The molecule has 0 aliphatic heterocycles. The van der Waals surface area contributed by atoms with Gasteiger partial charge in [0.05, 0.1) is 12.7 Å². The molecule has 1 N–H and O–H groups in total. The Morgan fingerprint density at radius 2 is 2.43 bits per heavy atom. The van der Waals surface area contributed by atoms with Gasteiger partial charge in [-0.15, -0.1) is 11.8 Å². The molecule has 1 atom stereocenters. The predicted molar refractivity (Wildman–Crippen MR) is 57.5 cm³/mol. The second-order valence-corrected chi connectivity index (χ2v) is 4.00. The summed E-state index contributed by atoms with van der Waals surface area (Å²) in [5.74, 6) is 0.854. The number of aliphatic hydroxyl groups is 1. The third-order valence-electron chi connectivity index (χ3n) is 1.78. The van der Waals surface area contributed by atoms with Crippen LogP contribution in [0.15, 0.2) is 23.4 Å². The first-order chi connectivity index (χ1) is 6.75. The normalized spacial score (nSPS) is 12.8. The fourth-order valence-electron chi connectivity index (χ4n) is 1.06. The van der Waals surface area contributed by atoms with Crippen LogP contribution in [-0.2, 0) is 4.74 Å². The van der Waals surface area contributed by atoms with E-state index in [4.69, 9.17) is 4.74 Å². The summed E-state index contributed by atoms with van der Waals surface area (Å²) >= 11 is 1.60. The molecule has 0 spiro atoms. The molecule has 0 aliphatic carbocycles. The number of rotatable bonds is 5. The molecule has 0 fully saturated rings. The Hall–Kier alpha value is -0.580.